The van der Waals surface area contributed by atoms with Crippen molar-refractivity contribution in [3.8, 4) is 0 Å². The zero-order valence-electron chi connectivity index (χ0n) is 5.78. The van der Waals surface area contributed by atoms with Crippen LogP contribution in [-0.2, 0) is 0 Å². The molecule has 0 fully saturated rings. The van der Waals surface area contributed by atoms with Gasteiger partial charge < -0.3 is 4.40 Å². The molecule has 2 heteroatoms. The minimum atomic E-state index is 1.15. The van der Waals surface area contributed by atoms with Crippen molar-refractivity contribution >= 4 is 5.52 Å². The number of fused-ring (bicyclic) bond motifs is 1. The molecule has 2 aromatic heterocycles. The first kappa shape index (κ1) is 5.47. The van der Waals surface area contributed by atoms with Crippen molar-refractivity contribution in [1.29, 1.82) is 0 Å². The zero-order chi connectivity index (χ0) is 6.97. The molecule has 10 heavy (non-hydrogen) atoms. The van der Waals surface area contributed by atoms with E-state index in [0.717, 1.165) is 5.52 Å². The van der Waals surface area contributed by atoms with Crippen LogP contribution in [0, 0.1) is 6.92 Å². The molecular weight excluding hydrogens is 124 g/mol. The summed E-state index contributed by atoms with van der Waals surface area (Å²) in [6.07, 6.45) is 3.68. The lowest BCUT2D eigenvalue weighted by molar-refractivity contribution is 1.07. The highest BCUT2D eigenvalue weighted by molar-refractivity contribution is 5.45. The van der Waals surface area contributed by atoms with Crippen molar-refractivity contribution in [2.75, 3.05) is 0 Å². The second-order valence-electron chi connectivity index (χ2n) is 2.36. The van der Waals surface area contributed by atoms with Gasteiger partial charge in [0.2, 0.25) is 0 Å². The van der Waals surface area contributed by atoms with Gasteiger partial charge in [0.1, 0.15) is 0 Å². The fourth-order valence-electron chi connectivity index (χ4n) is 1.09. The number of rotatable bonds is 0. The summed E-state index contributed by atoms with van der Waals surface area (Å²) in [4.78, 5) is 4.03. The lowest BCUT2D eigenvalue weighted by atomic mass is 10.3. The van der Waals surface area contributed by atoms with Crippen LogP contribution in [0.25, 0.3) is 5.52 Å². The summed E-state index contributed by atoms with van der Waals surface area (Å²) < 4.78 is 2.06. The van der Waals surface area contributed by atoms with Crippen LogP contribution >= 0.6 is 0 Å². The monoisotopic (exact) mass is 132 g/mol. The van der Waals surface area contributed by atoms with Gasteiger partial charge in [0.25, 0.3) is 0 Å². The molecule has 2 rings (SSSR count). The molecule has 0 saturated heterocycles. The zero-order valence-corrected chi connectivity index (χ0v) is 5.78. The van der Waals surface area contributed by atoms with Crippen molar-refractivity contribution in [3.05, 3.63) is 36.4 Å². The molecule has 0 spiro atoms. The largest absolute Gasteiger partial charge is 0.304 e. The van der Waals surface area contributed by atoms with E-state index in [9.17, 15) is 0 Å². The van der Waals surface area contributed by atoms with Gasteiger partial charge in [0.15, 0.2) is 0 Å². The Morgan fingerprint density at radius 2 is 2.30 bits per heavy atom. The van der Waals surface area contributed by atoms with Crippen molar-refractivity contribution in [1.82, 2.24) is 9.38 Å². The van der Waals surface area contributed by atoms with Gasteiger partial charge in [-0.25, -0.2) is 4.98 Å². The first-order valence-electron chi connectivity index (χ1n) is 3.25. The summed E-state index contributed by atoms with van der Waals surface area (Å²) in [5, 5.41) is 0. The smallest absolute Gasteiger partial charge is 0.0994 e. The molecule has 0 atom stereocenters. The summed E-state index contributed by atoms with van der Waals surface area (Å²) in [5.41, 5.74) is 2.37. The predicted octanol–water partition coefficient (Wildman–Crippen LogP) is 1.64. The second kappa shape index (κ2) is 1.84. The SMILES string of the molecule is Cc1cccc2cncn12. The van der Waals surface area contributed by atoms with E-state index in [2.05, 4.69) is 22.4 Å². The second-order valence-corrected chi connectivity index (χ2v) is 2.36. The number of aromatic nitrogens is 2. The summed E-state index contributed by atoms with van der Waals surface area (Å²) in [7, 11) is 0. The molecule has 0 unspecified atom stereocenters. The lowest BCUT2D eigenvalue weighted by Gasteiger charge is -1.95. The molecule has 2 nitrogen and oxygen atoms in total. The molecule has 0 aliphatic rings. The van der Waals surface area contributed by atoms with Gasteiger partial charge >= 0.3 is 0 Å². The van der Waals surface area contributed by atoms with Gasteiger partial charge in [-0.15, -0.1) is 0 Å². The van der Waals surface area contributed by atoms with Gasteiger partial charge in [-0.2, -0.15) is 0 Å². The first-order valence-corrected chi connectivity index (χ1v) is 3.25. The summed E-state index contributed by atoms with van der Waals surface area (Å²) in [6.45, 7) is 2.06. The summed E-state index contributed by atoms with van der Waals surface area (Å²) >= 11 is 0. The number of hydrogen-bond donors (Lipinski definition) is 0. The Bertz CT molecular complexity index is 349. The topological polar surface area (TPSA) is 17.3 Å². The van der Waals surface area contributed by atoms with Crippen molar-refractivity contribution in [3.63, 3.8) is 0 Å². The van der Waals surface area contributed by atoms with Gasteiger partial charge in [-0.3, -0.25) is 0 Å². The van der Waals surface area contributed by atoms with E-state index in [1.807, 2.05) is 24.7 Å². The maximum Gasteiger partial charge on any atom is 0.0994 e. The summed E-state index contributed by atoms with van der Waals surface area (Å²) in [5.74, 6) is 0. The minimum Gasteiger partial charge on any atom is -0.304 e. The normalized spacial score (nSPS) is 10.5. The molecule has 0 aliphatic heterocycles. The van der Waals surface area contributed by atoms with E-state index in [1.165, 1.54) is 5.69 Å². The van der Waals surface area contributed by atoms with Crippen LogP contribution in [0.4, 0.5) is 0 Å². The molecule has 0 radical (unpaired) electrons. The van der Waals surface area contributed by atoms with Crippen molar-refractivity contribution < 1.29 is 0 Å². The van der Waals surface area contributed by atoms with Crippen LogP contribution < -0.4 is 0 Å². The van der Waals surface area contributed by atoms with Crippen LogP contribution in [0.1, 0.15) is 5.69 Å². The van der Waals surface area contributed by atoms with Gasteiger partial charge in [0.05, 0.1) is 18.0 Å². The minimum absolute atomic E-state index is 1.15. The summed E-state index contributed by atoms with van der Waals surface area (Å²) in [6, 6.07) is 6.14. The van der Waals surface area contributed by atoms with Crippen LogP contribution in [-0.4, -0.2) is 9.38 Å². The van der Waals surface area contributed by atoms with Crippen molar-refractivity contribution in [2.45, 2.75) is 6.92 Å². The number of aryl methyl sites for hydroxylation is 1. The van der Waals surface area contributed by atoms with E-state index < -0.39 is 0 Å². The molecule has 0 bridgehead atoms. The maximum absolute atomic E-state index is 4.03. The molecule has 0 saturated carbocycles. The lowest BCUT2D eigenvalue weighted by Crippen LogP contribution is -1.85. The number of nitrogens with zero attached hydrogens (tertiary/aromatic N) is 2. The van der Waals surface area contributed by atoms with Gasteiger partial charge in [-0.1, -0.05) is 6.07 Å². The van der Waals surface area contributed by atoms with Gasteiger partial charge in [0, 0.05) is 5.69 Å². The third kappa shape index (κ3) is 0.620. The molecule has 2 aromatic rings. The van der Waals surface area contributed by atoms with E-state index in [4.69, 9.17) is 0 Å². The molecule has 0 aromatic carbocycles. The van der Waals surface area contributed by atoms with Crippen LogP contribution in [0.5, 0.6) is 0 Å². The highest BCUT2D eigenvalue weighted by Gasteiger charge is 1.91. The predicted molar refractivity (Wildman–Crippen MR) is 39.9 cm³/mol. The average Bonchev–Trinajstić information content (AvgIpc) is 2.36. The standard InChI is InChI=1S/C8H8N2/c1-7-3-2-4-8-5-9-6-10(7)8/h2-6H,1H3. The molecular formula is C8H8N2. The first-order chi connectivity index (χ1) is 4.88. The van der Waals surface area contributed by atoms with Crippen LogP contribution in [0.3, 0.4) is 0 Å². The fourth-order valence-corrected chi connectivity index (χ4v) is 1.09. The Morgan fingerprint density at radius 1 is 1.40 bits per heavy atom. The Labute approximate surface area is 59.1 Å². The molecule has 2 heterocycles. The molecule has 0 aliphatic carbocycles. The number of pyridine rings is 1. The molecule has 50 valence electrons. The Balaban J connectivity index is 2.95. The number of hydrogen-bond acceptors (Lipinski definition) is 1. The van der Waals surface area contributed by atoms with E-state index in [1.54, 1.807) is 0 Å². The Morgan fingerprint density at radius 3 is 3.10 bits per heavy atom. The van der Waals surface area contributed by atoms with E-state index in [0.29, 0.717) is 0 Å². The Kier molecular flexibility index (Phi) is 1.01. The van der Waals surface area contributed by atoms with E-state index >= 15 is 0 Å². The fraction of sp³-hybridized carbons (Fsp3) is 0.125. The number of imidazole rings is 1. The van der Waals surface area contributed by atoms with Crippen molar-refractivity contribution in [2.24, 2.45) is 0 Å². The van der Waals surface area contributed by atoms with Gasteiger partial charge in [-0.05, 0) is 19.1 Å². The molecule has 0 N–H and O–H groups in total. The van der Waals surface area contributed by atoms with Crippen LogP contribution in [0.2, 0.25) is 0 Å². The molecule has 0 amide bonds. The van der Waals surface area contributed by atoms with E-state index in [-0.39, 0.29) is 0 Å². The average molecular weight is 132 g/mol. The third-order valence-electron chi connectivity index (χ3n) is 1.65. The van der Waals surface area contributed by atoms with Crippen LogP contribution in [0.15, 0.2) is 30.7 Å². The quantitative estimate of drug-likeness (QED) is 0.532. The Hall–Kier alpha value is -1.31. The highest BCUT2D eigenvalue weighted by atomic mass is 15.0. The maximum atomic E-state index is 4.03. The highest BCUT2D eigenvalue weighted by Crippen LogP contribution is 2.04. The third-order valence-corrected chi connectivity index (χ3v) is 1.65.